The van der Waals surface area contributed by atoms with Crippen LogP contribution < -0.4 is 4.90 Å². The fraction of sp³-hybridized carbons (Fsp3) is 0.333. The Morgan fingerprint density at radius 1 is 1.13 bits per heavy atom. The van der Waals surface area contributed by atoms with Crippen LogP contribution in [0.1, 0.15) is 29.6 Å². The Balaban J connectivity index is 2.51. The van der Waals surface area contributed by atoms with Crippen molar-refractivity contribution in [3.63, 3.8) is 0 Å². The molecule has 3 heteroatoms. The van der Waals surface area contributed by atoms with Crippen LogP contribution in [0.4, 0.5) is 5.69 Å². The molecule has 0 atom stereocenters. The number of hydrogen-bond donors (Lipinski definition) is 0. The maximum absolute atomic E-state index is 11.8. The van der Waals surface area contributed by atoms with Gasteiger partial charge in [0.2, 0.25) is 5.91 Å². The minimum absolute atomic E-state index is 0.0787. The van der Waals surface area contributed by atoms with Crippen LogP contribution >= 0.6 is 0 Å². The molecule has 0 aliphatic carbocycles. The van der Waals surface area contributed by atoms with E-state index in [0.717, 1.165) is 5.69 Å². The van der Waals surface area contributed by atoms with Crippen molar-refractivity contribution in [1.82, 2.24) is 0 Å². The highest BCUT2D eigenvalue weighted by molar-refractivity contribution is 6.06. The predicted octanol–water partition coefficient (Wildman–Crippen LogP) is 2.02. The van der Waals surface area contributed by atoms with E-state index in [-0.39, 0.29) is 11.7 Å². The maximum Gasteiger partial charge on any atom is 0.226 e. The van der Waals surface area contributed by atoms with E-state index in [2.05, 4.69) is 0 Å². The Hall–Kier alpha value is -1.64. The first-order chi connectivity index (χ1) is 7.20. The van der Waals surface area contributed by atoms with Gasteiger partial charge in [-0.25, -0.2) is 0 Å². The minimum atomic E-state index is 0.0787. The van der Waals surface area contributed by atoms with Crippen LogP contribution in [0.2, 0.25) is 0 Å². The van der Waals surface area contributed by atoms with Gasteiger partial charge in [0.15, 0.2) is 5.78 Å². The first kappa shape index (κ1) is 9.90. The number of para-hydroxylation sites is 1. The predicted molar refractivity (Wildman–Crippen MR) is 58.0 cm³/mol. The molecule has 3 nitrogen and oxygen atoms in total. The molecule has 0 bridgehead atoms. The topological polar surface area (TPSA) is 37.4 Å². The second-order valence-corrected chi connectivity index (χ2v) is 3.75. The van der Waals surface area contributed by atoms with Gasteiger partial charge in [0.25, 0.3) is 0 Å². The van der Waals surface area contributed by atoms with E-state index in [1.807, 2.05) is 18.2 Å². The molecular formula is C12H13NO2. The van der Waals surface area contributed by atoms with E-state index in [1.54, 1.807) is 18.0 Å². The number of amides is 1. The monoisotopic (exact) mass is 203 g/mol. The summed E-state index contributed by atoms with van der Waals surface area (Å²) in [4.78, 5) is 25.0. The van der Waals surface area contributed by atoms with Gasteiger partial charge in [-0.1, -0.05) is 12.1 Å². The van der Waals surface area contributed by atoms with Crippen molar-refractivity contribution in [2.75, 3.05) is 11.9 Å². The molecule has 0 radical (unpaired) electrons. The number of fused-ring (bicyclic) bond motifs is 1. The Morgan fingerprint density at radius 3 is 2.67 bits per heavy atom. The van der Waals surface area contributed by atoms with Crippen LogP contribution in [0.3, 0.4) is 0 Å². The molecule has 1 aliphatic rings. The standard InChI is InChI=1S/C12H13NO2/c1-13-10-6-3-2-5-9(10)11(14)7-4-8-12(13)15/h2-3,5-6H,4,7-8H2,1H3. The summed E-state index contributed by atoms with van der Waals surface area (Å²) in [5.41, 5.74) is 1.39. The average Bonchev–Trinajstić information content (AvgIpc) is 2.26. The molecule has 0 spiro atoms. The highest BCUT2D eigenvalue weighted by atomic mass is 16.2. The highest BCUT2D eigenvalue weighted by Gasteiger charge is 2.21. The van der Waals surface area contributed by atoms with Gasteiger partial charge in [0, 0.05) is 25.5 Å². The third kappa shape index (κ3) is 1.77. The zero-order valence-corrected chi connectivity index (χ0v) is 8.69. The fourth-order valence-corrected chi connectivity index (χ4v) is 1.84. The van der Waals surface area contributed by atoms with E-state index in [1.165, 1.54) is 0 Å². The normalized spacial score (nSPS) is 17.0. The lowest BCUT2D eigenvalue weighted by atomic mass is 10.0. The van der Waals surface area contributed by atoms with E-state index in [0.29, 0.717) is 24.8 Å². The largest absolute Gasteiger partial charge is 0.315 e. The zero-order chi connectivity index (χ0) is 10.8. The number of Topliss-reactive ketones (excluding diaryl/α,β-unsaturated/α-hetero) is 1. The molecule has 0 saturated heterocycles. The van der Waals surface area contributed by atoms with Crippen LogP contribution in [0.5, 0.6) is 0 Å². The molecule has 0 saturated carbocycles. The van der Waals surface area contributed by atoms with Gasteiger partial charge >= 0.3 is 0 Å². The lowest BCUT2D eigenvalue weighted by Crippen LogP contribution is -2.29. The number of rotatable bonds is 0. The van der Waals surface area contributed by atoms with Gasteiger partial charge in [0.05, 0.1) is 5.69 Å². The lowest BCUT2D eigenvalue weighted by Gasteiger charge is -2.22. The molecule has 1 heterocycles. The lowest BCUT2D eigenvalue weighted by molar-refractivity contribution is -0.118. The Morgan fingerprint density at radius 2 is 1.87 bits per heavy atom. The molecule has 0 aromatic heterocycles. The Bertz CT molecular complexity index is 412. The first-order valence-electron chi connectivity index (χ1n) is 5.09. The molecule has 2 rings (SSSR count). The number of benzene rings is 1. The number of hydrogen-bond acceptors (Lipinski definition) is 2. The van der Waals surface area contributed by atoms with E-state index in [4.69, 9.17) is 0 Å². The van der Waals surface area contributed by atoms with Gasteiger partial charge in [-0.05, 0) is 18.6 Å². The zero-order valence-electron chi connectivity index (χ0n) is 8.69. The third-order valence-electron chi connectivity index (χ3n) is 2.73. The van der Waals surface area contributed by atoms with Gasteiger partial charge in [-0.2, -0.15) is 0 Å². The third-order valence-corrected chi connectivity index (χ3v) is 2.73. The number of anilines is 1. The molecule has 1 aromatic carbocycles. The smallest absolute Gasteiger partial charge is 0.226 e. The summed E-state index contributed by atoms with van der Waals surface area (Å²) < 4.78 is 0. The maximum atomic E-state index is 11.8. The fourth-order valence-electron chi connectivity index (χ4n) is 1.84. The van der Waals surface area contributed by atoms with Crippen molar-refractivity contribution in [3.8, 4) is 0 Å². The number of carbonyl (C=O) groups excluding carboxylic acids is 2. The quantitative estimate of drug-likeness (QED) is 0.646. The summed E-state index contributed by atoms with van der Waals surface area (Å²) in [6.45, 7) is 0. The second kappa shape index (κ2) is 3.85. The molecule has 1 aliphatic heterocycles. The van der Waals surface area contributed by atoms with Crippen LogP contribution in [-0.2, 0) is 4.79 Å². The number of carbonyl (C=O) groups is 2. The average molecular weight is 203 g/mol. The molecule has 78 valence electrons. The minimum Gasteiger partial charge on any atom is -0.315 e. The van der Waals surface area contributed by atoms with Crippen LogP contribution in [0.25, 0.3) is 0 Å². The molecule has 0 unspecified atom stereocenters. The molecule has 0 fully saturated rings. The van der Waals surface area contributed by atoms with Crippen LogP contribution in [-0.4, -0.2) is 18.7 Å². The van der Waals surface area contributed by atoms with Gasteiger partial charge in [-0.3, -0.25) is 9.59 Å². The van der Waals surface area contributed by atoms with Crippen LogP contribution in [0.15, 0.2) is 24.3 Å². The molecule has 15 heavy (non-hydrogen) atoms. The van der Waals surface area contributed by atoms with Crippen LogP contribution in [0, 0.1) is 0 Å². The molecule has 1 amide bonds. The summed E-state index contributed by atoms with van der Waals surface area (Å²) in [7, 11) is 1.72. The SMILES string of the molecule is CN1C(=O)CCCC(=O)c2ccccc21. The van der Waals surface area contributed by atoms with Gasteiger partial charge in [-0.15, -0.1) is 0 Å². The van der Waals surface area contributed by atoms with Crippen molar-refractivity contribution in [1.29, 1.82) is 0 Å². The van der Waals surface area contributed by atoms with E-state index >= 15 is 0 Å². The molecular weight excluding hydrogens is 190 g/mol. The Kier molecular flexibility index (Phi) is 2.54. The summed E-state index contributed by atoms with van der Waals surface area (Å²) in [5, 5.41) is 0. The highest BCUT2D eigenvalue weighted by Crippen LogP contribution is 2.24. The summed E-state index contributed by atoms with van der Waals surface area (Å²) in [6.07, 6.45) is 1.57. The second-order valence-electron chi connectivity index (χ2n) is 3.75. The van der Waals surface area contributed by atoms with Crippen molar-refractivity contribution in [2.45, 2.75) is 19.3 Å². The van der Waals surface area contributed by atoms with Crippen molar-refractivity contribution >= 4 is 17.4 Å². The summed E-state index contributed by atoms with van der Waals surface area (Å²) >= 11 is 0. The first-order valence-corrected chi connectivity index (χ1v) is 5.09. The Labute approximate surface area is 88.7 Å². The molecule has 1 aromatic rings. The van der Waals surface area contributed by atoms with Crippen molar-refractivity contribution < 1.29 is 9.59 Å². The van der Waals surface area contributed by atoms with Gasteiger partial charge < -0.3 is 4.90 Å². The van der Waals surface area contributed by atoms with E-state index in [9.17, 15) is 9.59 Å². The van der Waals surface area contributed by atoms with E-state index < -0.39 is 0 Å². The van der Waals surface area contributed by atoms with Gasteiger partial charge in [0.1, 0.15) is 0 Å². The number of ketones is 1. The summed E-state index contributed by atoms with van der Waals surface area (Å²) in [6, 6.07) is 7.28. The summed E-state index contributed by atoms with van der Waals surface area (Å²) in [5.74, 6) is 0.208. The van der Waals surface area contributed by atoms with Crippen molar-refractivity contribution in [2.24, 2.45) is 0 Å². The van der Waals surface area contributed by atoms with Crippen molar-refractivity contribution in [3.05, 3.63) is 29.8 Å². The molecule has 0 N–H and O–H groups in total. The number of nitrogens with zero attached hydrogens (tertiary/aromatic N) is 1.